The van der Waals surface area contributed by atoms with E-state index in [-0.39, 0.29) is 36.9 Å². The fourth-order valence-corrected chi connectivity index (χ4v) is 3.42. The molecule has 0 bridgehead atoms. The summed E-state index contributed by atoms with van der Waals surface area (Å²) in [5.74, 6) is -0.188. The van der Waals surface area contributed by atoms with Crippen LogP contribution in [0.1, 0.15) is 20.8 Å². The van der Waals surface area contributed by atoms with Crippen LogP contribution in [0, 0.1) is 0 Å². The number of anilines is 1. The molecule has 0 spiro atoms. The second-order valence-corrected chi connectivity index (χ2v) is 6.88. The normalized spacial score (nSPS) is 13.7. The third-order valence-corrected chi connectivity index (χ3v) is 4.67. The Balaban J connectivity index is 2.07. The standard InChI is InChI=1S/C17H23N3O3S/c1-4-19(9-15(21)18-12(2)3)16(22)10-20-13-7-5-6-8-14(13)24-11-17(20)23/h5-8,12H,4,9-11H2,1-3H3,(H,18,21). The summed E-state index contributed by atoms with van der Waals surface area (Å²) >= 11 is 1.48. The zero-order valence-electron chi connectivity index (χ0n) is 14.2. The Hall–Kier alpha value is -2.02. The van der Waals surface area contributed by atoms with Crippen LogP contribution in [0.4, 0.5) is 5.69 Å². The Bertz CT molecular complexity index is 633. The molecular weight excluding hydrogens is 326 g/mol. The van der Waals surface area contributed by atoms with E-state index in [0.29, 0.717) is 12.3 Å². The van der Waals surface area contributed by atoms with Gasteiger partial charge in [0.1, 0.15) is 6.54 Å². The first kappa shape index (κ1) is 18.3. The van der Waals surface area contributed by atoms with Crippen LogP contribution >= 0.6 is 11.8 Å². The highest BCUT2D eigenvalue weighted by Gasteiger charge is 2.28. The van der Waals surface area contributed by atoms with Crippen molar-refractivity contribution in [1.82, 2.24) is 10.2 Å². The minimum absolute atomic E-state index is 0.00589. The lowest BCUT2D eigenvalue weighted by Crippen LogP contribution is -2.48. The molecule has 1 heterocycles. The highest BCUT2D eigenvalue weighted by molar-refractivity contribution is 8.00. The van der Waals surface area contributed by atoms with E-state index in [9.17, 15) is 14.4 Å². The van der Waals surface area contributed by atoms with Crippen LogP contribution in [0.3, 0.4) is 0 Å². The zero-order chi connectivity index (χ0) is 17.7. The molecular formula is C17H23N3O3S. The lowest BCUT2D eigenvalue weighted by molar-refractivity contribution is -0.135. The molecule has 0 saturated carbocycles. The van der Waals surface area contributed by atoms with Gasteiger partial charge in [0.15, 0.2) is 0 Å². The predicted octanol–water partition coefficient (Wildman–Crippen LogP) is 1.50. The van der Waals surface area contributed by atoms with Crippen LogP contribution in [0.15, 0.2) is 29.2 Å². The summed E-state index contributed by atoms with van der Waals surface area (Å²) in [6, 6.07) is 7.57. The van der Waals surface area contributed by atoms with Crippen LogP contribution < -0.4 is 10.2 Å². The van der Waals surface area contributed by atoms with Gasteiger partial charge in [0, 0.05) is 17.5 Å². The number of carbonyl (C=O) groups is 3. The smallest absolute Gasteiger partial charge is 0.243 e. The quantitative estimate of drug-likeness (QED) is 0.845. The van der Waals surface area contributed by atoms with Gasteiger partial charge in [-0.2, -0.15) is 0 Å². The van der Waals surface area contributed by atoms with Crippen molar-refractivity contribution in [2.45, 2.75) is 31.7 Å². The maximum atomic E-state index is 12.6. The van der Waals surface area contributed by atoms with Gasteiger partial charge in [0.05, 0.1) is 18.0 Å². The molecule has 1 aromatic carbocycles. The second kappa shape index (κ2) is 8.19. The van der Waals surface area contributed by atoms with Gasteiger partial charge >= 0.3 is 0 Å². The number of thioether (sulfide) groups is 1. The molecule has 0 fully saturated rings. The maximum absolute atomic E-state index is 12.6. The van der Waals surface area contributed by atoms with Crippen LogP contribution in [0.25, 0.3) is 0 Å². The van der Waals surface area contributed by atoms with Gasteiger partial charge in [-0.15, -0.1) is 11.8 Å². The van der Waals surface area contributed by atoms with E-state index in [0.717, 1.165) is 10.6 Å². The largest absolute Gasteiger partial charge is 0.352 e. The molecule has 1 aliphatic rings. The number of carbonyl (C=O) groups excluding carboxylic acids is 3. The highest BCUT2D eigenvalue weighted by atomic mass is 32.2. The van der Waals surface area contributed by atoms with Crippen LogP contribution in [0.2, 0.25) is 0 Å². The Kier molecular flexibility index (Phi) is 6.25. The number of amides is 3. The number of para-hydroxylation sites is 1. The molecule has 0 aromatic heterocycles. The number of hydrogen-bond donors (Lipinski definition) is 1. The molecule has 1 N–H and O–H groups in total. The lowest BCUT2D eigenvalue weighted by Gasteiger charge is -2.30. The van der Waals surface area contributed by atoms with Crippen molar-refractivity contribution < 1.29 is 14.4 Å². The van der Waals surface area contributed by atoms with Gasteiger partial charge in [-0.1, -0.05) is 12.1 Å². The Labute approximate surface area is 146 Å². The van der Waals surface area contributed by atoms with Crippen molar-refractivity contribution in [1.29, 1.82) is 0 Å². The lowest BCUT2D eigenvalue weighted by atomic mass is 10.2. The zero-order valence-corrected chi connectivity index (χ0v) is 15.1. The average Bonchev–Trinajstić information content (AvgIpc) is 2.54. The third kappa shape index (κ3) is 4.50. The molecule has 0 aliphatic carbocycles. The van der Waals surface area contributed by atoms with Crippen LogP contribution in [0.5, 0.6) is 0 Å². The fraction of sp³-hybridized carbons (Fsp3) is 0.471. The van der Waals surface area contributed by atoms with Gasteiger partial charge in [-0.25, -0.2) is 0 Å². The van der Waals surface area contributed by atoms with Crippen molar-refractivity contribution in [3.63, 3.8) is 0 Å². The number of fused-ring (bicyclic) bond motifs is 1. The van der Waals surface area contributed by atoms with Crippen molar-refractivity contribution in [2.24, 2.45) is 0 Å². The third-order valence-electron chi connectivity index (χ3n) is 3.62. The number of benzene rings is 1. The Morgan fingerprint density at radius 3 is 2.71 bits per heavy atom. The van der Waals surface area contributed by atoms with Crippen molar-refractivity contribution in [2.75, 3.05) is 30.3 Å². The van der Waals surface area contributed by atoms with Gasteiger partial charge in [0.25, 0.3) is 0 Å². The molecule has 1 aliphatic heterocycles. The molecule has 6 nitrogen and oxygen atoms in total. The Morgan fingerprint density at radius 1 is 1.33 bits per heavy atom. The van der Waals surface area contributed by atoms with E-state index >= 15 is 0 Å². The topological polar surface area (TPSA) is 69.7 Å². The van der Waals surface area contributed by atoms with Crippen molar-refractivity contribution in [3.05, 3.63) is 24.3 Å². The van der Waals surface area contributed by atoms with E-state index in [2.05, 4.69) is 5.32 Å². The second-order valence-electron chi connectivity index (χ2n) is 5.87. The Morgan fingerprint density at radius 2 is 2.04 bits per heavy atom. The molecule has 0 atom stereocenters. The first-order valence-electron chi connectivity index (χ1n) is 8.01. The van der Waals surface area contributed by atoms with E-state index < -0.39 is 0 Å². The summed E-state index contributed by atoms with van der Waals surface area (Å²) in [5.41, 5.74) is 0.759. The molecule has 7 heteroatoms. The number of nitrogens with zero attached hydrogens (tertiary/aromatic N) is 2. The molecule has 24 heavy (non-hydrogen) atoms. The molecule has 2 rings (SSSR count). The summed E-state index contributed by atoms with van der Waals surface area (Å²) in [7, 11) is 0. The van der Waals surface area contributed by atoms with Crippen LogP contribution in [-0.4, -0.2) is 54.1 Å². The molecule has 1 aromatic rings. The van der Waals surface area contributed by atoms with Gasteiger partial charge in [-0.05, 0) is 32.9 Å². The molecule has 0 radical (unpaired) electrons. The van der Waals surface area contributed by atoms with Crippen molar-refractivity contribution in [3.8, 4) is 0 Å². The SMILES string of the molecule is CCN(CC(=O)NC(C)C)C(=O)CN1C(=O)CSc2ccccc21. The first-order valence-corrected chi connectivity index (χ1v) is 9.00. The minimum Gasteiger partial charge on any atom is -0.352 e. The first-order chi connectivity index (χ1) is 11.4. The maximum Gasteiger partial charge on any atom is 0.243 e. The van der Waals surface area contributed by atoms with Crippen LogP contribution in [-0.2, 0) is 14.4 Å². The van der Waals surface area contributed by atoms with Gasteiger partial charge < -0.3 is 15.1 Å². The predicted molar refractivity (Wildman–Crippen MR) is 95.1 cm³/mol. The van der Waals surface area contributed by atoms with E-state index in [4.69, 9.17) is 0 Å². The minimum atomic E-state index is -0.230. The number of likely N-dealkylation sites (N-methyl/N-ethyl adjacent to an activating group) is 1. The summed E-state index contributed by atoms with van der Waals surface area (Å²) < 4.78 is 0. The number of nitrogens with one attached hydrogen (secondary N) is 1. The summed E-state index contributed by atoms with van der Waals surface area (Å²) in [5, 5.41) is 2.77. The summed E-state index contributed by atoms with van der Waals surface area (Å²) in [4.78, 5) is 40.7. The highest BCUT2D eigenvalue weighted by Crippen LogP contribution is 2.34. The van der Waals surface area contributed by atoms with E-state index in [1.807, 2.05) is 45.0 Å². The fourth-order valence-electron chi connectivity index (χ4n) is 2.48. The van der Waals surface area contributed by atoms with E-state index in [1.165, 1.54) is 21.6 Å². The summed E-state index contributed by atoms with van der Waals surface area (Å²) in [6.07, 6.45) is 0. The monoisotopic (exact) mass is 349 g/mol. The number of hydrogen-bond acceptors (Lipinski definition) is 4. The van der Waals surface area contributed by atoms with E-state index in [1.54, 1.807) is 0 Å². The molecule has 0 saturated heterocycles. The van der Waals surface area contributed by atoms with Crippen molar-refractivity contribution >= 4 is 35.2 Å². The molecule has 130 valence electrons. The molecule has 3 amide bonds. The summed E-state index contributed by atoms with van der Waals surface area (Å²) in [6.45, 7) is 5.95. The van der Waals surface area contributed by atoms with Gasteiger partial charge in [-0.3, -0.25) is 14.4 Å². The van der Waals surface area contributed by atoms with Gasteiger partial charge in [0.2, 0.25) is 17.7 Å². The molecule has 0 unspecified atom stereocenters. The number of rotatable bonds is 6. The average molecular weight is 349 g/mol.